The lowest BCUT2D eigenvalue weighted by atomic mass is 10.2. The van der Waals surface area contributed by atoms with Gasteiger partial charge in [-0.05, 0) is 55.3 Å². The first-order valence-electron chi connectivity index (χ1n) is 9.98. The first-order chi connectivity index (χ1) is 14.5. The zero-order chi connectivity index (χ0) is 21.0. The number of hydrogen-bond acceptors (Lipinski definition) is 5. The van der Waals surface area contributed by atoms with Crippen LogP contribution in [-0.4, -0.2) is 36.6 Å². The topological polar surface area (TPSA) is 84.0 Å². The van der Waals surface area contributed by atoms with Gasteiger partial charge in [-0.15, -0.1) is 0 Å². The van der Waals surface area contributed by atoms with Gasteiger partial charge in [-0.1, -0.05) is 12.5 Å². The standard InChI is InChI=1S/C22H24N2O5S/c25-22(23(16-19-8-5-13-28-19)17-20-9-6-14-29-20)18-7-4-10-21(15-18)30(26,27)24-11-2-1-3-12-24/h4-10,13-15H,1-3,11-12,16-17H2. The Kier molecular flexibility index (Phi) is 6.06. The Labute approximate surface area is 175 Å². The van der Waals surface area contributed by atoms with Gasteiger partial charge in [-0.2, -0.15) is 4.31 Å². The van der Waals surface area contributed by atoms with Crippen molar-refractivity contribution >= 4 is 15.9 Å². The van der Waals surface area contributed by atoms with Crippen LogP contribution in [0, 0.1) is 0 Å². The molecule has 1 aliphatic heterocycles. The van der Waals surface area contributed by atoms with Crippen molar-refractivity contribution in [2.24, 2.45) is 0 Å². The van der Waals surface area contributed by atoms with Crippen LogP contribution in [0.2, 0.25) is 0 Å². The molecule has 1 aliphatic rings. The minimum atomic E-state index is -3.62. The molecule has 0 atom stereocenters. The molecule has 1 fully saturated rings. The minimum Gasteiger partial charge on any atom is -0.467 e. The highest BCUT2D eigenvalue weighted by atomic mass is 32.2. The van der Waals surface area contributed by atoms with Crippen LogP contribution < -0.4 is 0 Å². The Morgan fingerprint density at radius 2 is 1.53 bits per heavy atom. The Morgan fingerprint density at radius 1 is 0.900 bits per heavy atom. The maximum Gasteiger partial charge on any atom is 0.254 e. The second kappa shape index (κ2) is 8.89. The number of hydrogen-bond donors (Lipinski definition) is 0. The van der Waals surface area contributed by atoms with Gasteiger partial charge in [0.15, 0.2) is 0 Å². The number of nitrogens with zero attached hydrogens (tertiary/aromatic N) is 2. The van der Waals surface area contributed by atoms with E-state index in [1.807, 2.05) is 0 Å². The number of carbonyl (C=O) groups is 1. The maximum absolute atomic E-state index is 13.3. The van der Waals surface area contributed by atoms with E-state index >= 15 is 0 Å². The SMILES string of the molecule is O=C(c1cccc(S(=O)(=O)N2CCCCC2)c1)N(Cc1ccco1)Cc1ccco1. The molecule has 1 aromatic carbocycles. The molecule has 0 N–H and O–H groups in total. The molecule has 3 heterocycles. The fraction of sp³-hybridized carbons (Fsp3) is 0.318. The van der Waals surface area contributed by atoms with Gasteiger partial charge >= 0.3 is 0 Å². The molecule has 30 heavy (non-hydrogen) atoms. The van der Waals surface area contributed by atoms with E-state index in [1.54, 1.807) is 59.9 Å². The number of carbonyl (C=O) groups excluding carboxylic acids is 1. The van der Waals surface area contributed by atoms with Crippen LogP contribution in [0.5, 0.6) is 0 Å². The zero-order valence-corrected chi connectivity index (χ0v) is 17.4. The molecule has 0 aliphatic carbocycles. The number of rotatable bonds is 7. The van der Waals surface area contributed by atoms with E-state index in [1.165, 1.54) is 10.4 Å². The van der Waals surface area contributed by atoms with Gasteiger partial charge in [-0.3, -0.25) is 4.79 Å². The number of sulfonamides is 1. The van der Waals surface area contributed by atoms with Crippen LogP contribution in [0.4, 0.5) is 0 Å². The van der Waals surface area contributed by atoms with Crippen LogP contribution in [0.3, 0.4) is 0 Å². The summed E-state index contributed by atoms with van der Waals surface area (Å²) in [6.45, 7) is 1.53. The molecule has 4 rings (SSSR count). The molecular formula is C22H24N2O5S. The average molecular weight is 429 g/mol. The summed E-state index contributed by atoms with van der Waals surface area (Å²) in [7, 11) is -3.62. The maximum atomic E-state index is 13.3. The molecule has 7 nitrogen and oxygen atoms in total. The van der Waals surface area contributed by atoms with Gasteiger partial charge in [0.2, 0.25) is 10.0 Å². The monoisotopic (exact) mass is 428 g/mol. The van der Waals surface area contributed by atoms with Crippen molar-refractivity contribution in [3.63, 3.8) is 0 Å². The Balaban J connectivity index is 1.60. The molecule has 0 unspecified atom stereocenters. The first kappa shape index (κ1) is 20.4. The molecule has 8 heteroatoms. The van der Waals surface area contributed by atoms with E-state index in [4.69, 9.17) is 8.83 Å². The van der Waals surface area contributed by atoms with Crippen LogP contribution in [0.1, 0.15) is 41.1 Å². The molecule has 0 radical (unpaired) electrons. The summed E-state index contributed by atoms with van der Waals surface area (Å²) in [5, 5.41) is 0. The molecule has 1 saturated heterocycles. The van der Waals surface area contributed by atoms with Crippen molar-refractivity contribution in [3.8, 4) is 0 Å². The zero-order valence-electron chi connectivity index (χ0n) is 16.6. The lowest BCUT2D eigenvalue weighted by Crippen LogP contribution is -2.36. The van der Waals surface area contributed by atoms with Crippen molar-refractivity contribution in [1.82, 2.24) is 9.21 Å². The van der Waals surface area contributed by atoms with Gasteiger partial charge < -0.3 is 13.7 Å². The average Bonchev–Trinajstić information content (AvgIpc) is 3.48. The minimum absolute atomic E-state index is 0.145. The van der Waals surface area contributed by atoms with E-state index in [9.17, 15) is 13.2 Å². The van der Waals surface area contributed by atoms with Gasteiger partial charge in [0.25, 0.3) is 5.91 Å². The molecule has 0 saturated carbocycles. The largest absolute Gasteiger partial charge is 0.467 e. The predicted molar refractivity (Wildman–Crippen MR) is 110 cm³/mol. The summed E-state index contributed by atoms with van der Waals surface area (Å²) in [5.74, 6) is 0.970. The van der Waals surface area contributed by atoms with Crippen LogP contribution in [0.25, 0.3) is 0 Å². The lowest BCUT2D eigenvalue weighted by Gasteiger charge is -2.26. The molecule has 0 spiro atoms. The van der Waals surface area contributed by atoms with Gasteiger partial charge in [-0.25, -0.2) is 8.42 Å². The second-order valence-electron chi connectivity index (χ2n) is 7.31. The summed E-state index contributed by atoms with van der Waals surface area (Å²) in [5.41, 5.74) is 0.311. The first-order valence-corrected chi connectivity index (χ1v) is 11.4. The van der Waals surface area contributed by atoms with Gasteiger partial charge in [0.1, 0.15) is 11.5 Å². The fourth-order valence-corrected chi connectivity index (χ4v) is 5.17. The van der Waals surface area contributed by atoms with Crippen LogP contribution >= 0.6 is 0 Å². The Morgan fingerprint density at radius 3 is 2.10 bits per heavy atom. The quantitative estimate of drug-likeness (QED) is 0.570. The number of amides is 1. The van der Waals surface area contributed by atoms with E-state index in [2.05, 4.69) is 0 Å². The summed E-state index contributed by atoms with van der Waals surface area (Å²) >= 11 is 0. The second-order valence-corrected chi connectivity index (χ2v) is 9.25. The van der Waals surface area contributed by atoms with Crippen molar-refractivity contribution < 1.29 is 22.0 Å². The van der Waals surface area contributed by atoms with E-state index in [-0.39, 0.29) is 23.9 Å². The van der Waals surface area contributed by atoms with Crippen LogP contribution in [0.15, 0.2) is 74.8 Å². The molecule has 3 aromatic rings. The van der Waals surface area contributed by atoms with Crippen LogP contribution in [-0.2, 0) is 23.1 Å². The molecule has 0 bridgehead atoms. The highest BCUT2D eigenvalue weighted by Gasteiger charge is 2.27. The van der Waals surface area contributed by atoms with Crippen molar-refractivity contribution in [2.45, 2.75) is 37.2 Å². The Hall–Kier alpha value is -2.84. The highest BCUT2D eigenvalue weighted by molar-refractivity contribution is 7.89. The third-order valence-corrected chi connectivity index (χ3v) is 7.07. The summed E-state index contributed by atoms with van der Waals surface area (Å²) in [6.07, 6.45) is 5.86. The van der Waals surface area contributed by atoms with Gasteiger partial charge in [0.05, 0.1) is 30.5 Å². The van der Waals surface area contributed by atoms with E-state index in [0.29, 0.717) is 30.2 Å². The third kappa shape index (κ3) is 4.49. The summed E-state index contributed by atoms with van der Waals surface area (Å²) in [6, 6.07) is 13.4. The smallest absolute Gasteiger partial charge is 0.254 e. The third-order valence-electron chi connectivity index (χ3n) is 5.17. The number of benzene rings is 1. The van der Waals surface area contributed by atoms with Crippen molar-refractivity contribution in [2.75, 3.05) is 13.1 Å². The van der Waals surface area contributed by atoms with Gasteiger partial charge in [0, 0.05) is 18.7 Å². The van der Waals surface area contributed by atoms with E-state index < -0.39 is 10.0 Å². The van der Waals surface area contributed by atoms with E-state index in [0.717, 1.165) is 19.3 Å². The molecule has 158 valence electrons. The Bertz CT molecular complexity index is 1030. The fourth-order valence-electron chi connectivity index (χ4n) is 3.61. The van der Waals surface area contributed by atoms with Crippen molar-refractivity contribution in [3.05, 3.63) is 78.1 Å². The molecular weight excluding hydrogens is 404 g/mol. The highest BCUT2D eigenvalue weighted by Crippen LogP contribution is 2.23. The normalized spacial score (nSPS) is 15.2. The number of piperidine rings is 1. The summed E-state index contributed by atoms with van der Waals surface area (Å²) in [4.78, 5) is 15.0. The predicted octanol–water partition coefficient (Wildman–Crippen LogP) is 3.89. The molecule has 1 amide bonds. The summed E-state index contributed by atoms with van der Waals surface area (Å²) < 4.78 is 38.3. The van der Waals surface area contributed by atoms with Crippen molar-refractivity contribution in [1.29, 1.82) is 0 Å². The number of furan rings is 2. The lowest BCUT2D eigenvalue weighted by molar-refractivity contribution is 0.0704. The molecule has 2 aromatic heterocycles.